The molecule has 1 heterocycles. The quantitative estimate of drug-likeness (QED) is 0.439. The zero-order chi connectivity index (χ0) is 13.9. The van der Waals surface area contributed by atoms with Crippen molar-refractivity contribution in [1.82, 2.24) is 5.43 Å². The summed E-state index contributed by atoms with van der Waals surface area (Å²) in [6.07, 6.45) is -0.626. The van der Waals surface area contributed by atoms with Gasteiger partial charge in [0.1, 0.15) is 10.5 Å². The fraction of sp³-hybridized carbons (Fsp3) is 0.400. The molecule has 0 unspecified atom stereocenters. The van der Waals surface area contributed by atoms with Gasteiger partial charge in [-0.15, -0.1) is 11.3 Å². The minimum absolute atomic E-state index is 0.301. The fourth-order valence-corrected chi connectivity index (χ4v) is 2.56. The van der Waals surface area contributed by atoms with E-state index in [1.54, 1.807) is 26.8 Å². The molecule has 100 valence electrons. The second-order valence-electron chi connectivity index (χ2n) is 4.39. The molecule has 0 saturated carbocycles. The van der Waals surface area contributed by atoms with Crippen molar-refractivity contribution in [3.8, 4) is 0 Å². The number of nitrogens with two attached hydrogens (primary N) is 1. The highest BCUT2D eigenvalue weighted by atomic mass is 79.9. The molecule has 0 atom stereocenters. The van der Waals surface area contributed by atoms with Crippen molar-refractivity contribution >= 4 is 45.0 Å². The van der Waals surface area contributed by atoms with Crippen LogP contribution in [0.3, 0.4) is 0 Å². The molecule has 4 N–H and O–H groups in total. The lowest BCUT2D eigenvalue weighted by molar-refractivity contribution is 0.0636. The normalized spacial score (nSPS) is 10.9. The second kappa shape index (κ2) is 5.68. The number of hydrogen-bond acceptors (Lipinski definition) is 5. The van der Waals surface area contributed by atoms with Crippen molar-refractivity contribution in [1.29, 1.82) is 0 Å². The van der Waals surface area contributed by atoms with Crippen molar-refractivity contribution in [2.24, 2.45) is 5.84 Å². The largest absolute Gasteiger partial charge is 0.444 e. The summed E-state index contributed by atoms with van der Waals surface area (Å²) in [5.41, 5.74) is 1.76. The Balaban J connectivity index is 2.84. The van der Waals surface area contributed by atoms with E-state index in [4.69, 9.17) is 10.6 Å². The van der Waals surface area contributed by atoms with Crippen molar-refractivity contribution in [3.63, 3.8) is 0 Å². The highest BCUT2D eigenvalue weighted by Crippen LogP contribution is 2.31. The third kappa shape index (κ3) is 4.28. The zero-order valence-corrected chi connectivity index (χ0v) is 12.6. The second-order valence-corrected chi connectivity index (χ2v) is 6.83. The van der Waals surface area contributed by atoms with Crippen LogP contribution < -0.4 is 16.6 Å². The van der Waals surface area contributed by atoms with Gasteiger partial charge in [-0.3, -0.25) is 15.5 Å². The number of carbonyl (C=O) groups excluding carboxylic acids is 2. The summed E-state index contributed by atoms with van der Waals surface area (Å²) >= 11 is 4.40. The van der Waals surface area contributed by atoms with Gasteiger partial charge in [0.25, 0.3) is 5.91 Å². The smallest absolute Gasteiger partial charge is 0.412 e. The number of thiophene rings is 1. The summed E-state index contributed by atoms with van der Waals surface area (Å²) in [7, 11) is 0. The van der Waals surface area contributed by atoms with E-state index in [1.807, 2.05) is 5.43 Å². The monoisotopic (exact) mass is 335 g/mol. The zero-order valence-electron chi connectivity index (χ0n) is 10.2. The Labute approximate surface area is 117 Å². The van der Waals surface area contributed by atoms with Gasteiger partial charge in [0.15, 0.2) is 0 Å². The minimum atomic E-state index is -0.626. The van der Waals surface area contributed by atoms with Crippen LogP contribution in [0.15, 0.2) is 9.85 Å². The molecule has 0 spiro atoms. The average molecular weight is 336 g/mol. The van der Waals surface area contributed by atoms with Crippen molar-refractivity contribution < 1.29 is 14.3 Å². The maximum atomic E-state index is 11.6. The maximum absolute atomic E-state index is 11.6. The molecular formula is C10H14BrN3O3S. The SMILES string of the molecule is CC(C)(C)OC(=O)Nc1cc(Br)sc1C(=O)NN. The summed E-state index contributed by atoms with van der Waals surface area (Å²) in [5.74, 6) is 4.59. The number of hydrazine groups is 1. The van der Waals surface area contributed by atoms with E-state index in [0.29, 0.717) is 14.4 Å². The van der Waals surface area contributed by atoms with Gasteiger partial charge >= 0.3 is 6.09 Å². The molecule has 0 aromatic carbocycles. The number of rotatable bonds is 2. The highest BCUT2D eigenvalue weighted by molar-refractivity contribution is 9.11. The van der Waals surface area contributed by atoms with Gasteiger partial charge in [0.05, 0.1) is 9.47 Å². The molecule has 8 heteroatoms. The van der Waals surface area contributed by atoms with Crippen LogP contribution in [0.4, 0.5) is 10.5 Å². The third-order valence-corrected chi connectivity index (χ3v) is 3.31. The Morgan fingerprint density at radius 1 is 1.44 bits per heavy atom. The molecule has 0 radical (unpaired) electrons. The predicted octanol–water partition coefficient (Wildman–Crippen LogP) is 2.46. The first-order valence-corrected chi connectivity index (χ1v) is 6.64. The van der Waals surface area contributed by atoms with Gasteiger partial charge < -0.3 is 4.74 Å². The summed E-state index contributed by atoms with van der Waals surface area (Å²) in [6, 6.07) is 1.61. The number of anilines is 1. The molecule has 1 aromatic heterocycles. The van der Waals surface area contributed by atoms with Gasteiger partial charge in [-0.1, -0.05) is 0 Å². The maximum Gasteiger partial charge on any atom is 0.412 e. The van der Waals surface area contributed by atoms with E-state index in [-0.39, 0.29) is 0 Å². The summed E-state index contributed by atoms with van der Waals surface area (Å²) < 4.78 is 5.80. The Hall–Kier alpha value is -1.12. The first-order chi connectivity index (χ1) is 8.23. The Kier molecular flexibility index (Phi) is 4.71. The van der Waals surface area contributed by atoms with Crippen LogP contribution in [0.5, 0.6) is 0 Å². The van der Waals surface area contributed by atoms with Crippen LogP contribution in [0.25, 0.3) is 0 Å². The molecule has 0 aliphatic heterocycles. The summed E-state index contributed by atoms with van der Waals surface area (Å²) in [4.78, 5) is 23.4. The molecule has 0 bridgehead atoms. The number of amides is 2. The molecule has 0 saturated heterocycles. The first-order valence-electron chi connectivity index (χ1n) is 5.03. The van der Waals surface area contributed by atoms with E-state index in [2.05, 4.69) is 21.2 Å². The van der Waals surface area contributed by atoms with Crippen molar-refractivity contribution in [2.45, 2.75) is 26.4 Å². The molecule has 0 aliphatic carbocycles. The molecule has 18 heavy (non-hydrogen) atoms. The lowest BCUT2D eigenvalue weighted by Gasteiger charge is -2.19. The van der Waals surface area contributed by atoms with Crippen molar-refractivity contribution in [2.75, 3.05) is 5.32 Å². The number of nitrogen functional groups attached to an aromatic ring is 1. The minimum Gasteiger partial charge on any atom is -0.444 e. The fourth-order valence-electron chi connectivity index (χ4n) is 1.10. The van der Waals surface area contributed by atoms with Crippen LogP contribution in [0, 0.1) is 0 Å². The van der Waals surface area contributed by atoms with Crippen molar-refractivity contribution in [3.05, 3.63) is 14.7 Å². The summed E-state index contributed by atoms with van der Waals surface area (Å²) in [5, 5.41) is 2.51. The molecule has 1 rings (SSSR count). The van der Waals surface area contributed by atoms with E-state index in [0.717, 1.165) is 11.3 Å². The molecule has 0 aliphatic rings. The number of carbonyl (C=O) groups is 2. The van der Waals surface area contributed by atoms with Crippen LogP contribution >= 0.6 is 27.3 Å². The summed E-state index contributed by atoms with van der Waals surface area (Å²) in [6.45, 7) is 5.26. The van der Waals surface area contributed by atoms with E-state index in [9.17, 15) is 9.59 Å². The van der Waals surface area contributed by atoms with Gasteiger partial charge in [-0.25, -0.2) is 10.6 Å². The average Bonchev–Trinajstić information content (AvgIpc) is 2.55. The van der Waals surface area contributed by atoms with E-state index >= 15 is 0 Å². The molecule has 2 amide bonds. The van der Waals surface area contributed by atoms with E-state index in [1.165, 1.54) is 0 Å². The third-order valence-electron chi connectivity index (χ3n) is 1.67. The topological polar surface area (TPSA) is 93.4 Å². The van der Waals surface area contributed by atoms with Gasteiger partial charge in [-0.2, -0.15) is 0 Å². The Bertz CT molecular complexity index is 467. The van der Waals surface area contributed by atoms with Gasteiger partial charge in [0, 0.05) is 0 Å². The van der Waals surface area contributed by atoms with Crippen LogP contribution in [0.1, 0.15) is 30.4 Å². The predicted molar refractivity (Wildman–Crippen MR) is 73.5 cm³/mol. The molecular weight excluding hydrogens is 322 g/mol. The van der Waals surface area contributed by atoms with Crippen LogP contribution in [-0.4, -0.2) is 17.6 Å². The molecule has 1 aromatic rings. The van der Waals surface area contributed by atoms with Gasteiger partial charge in [-0.05, 0) is 42.8 Å². The lowest BCUT2D eigenvalue weighted by atomic mass is 10.2. The number of nitrogens with one attached hydrogen (secondary N) is 2. The first kappa shape index (κ1) is 14.9. The molecule has 0 fully saturated rings. The van der Waals surface area contributed by atoms with Crippen LogP contribution in [0.2, 0.25) is 0 Å². The highest BCUT2D eigenvalue weighted by Gasteiger charge is 2.20. The van der Waals surface area contributed by atoms with E-state index < -0.39 is 17.6 Å². The van der Waals surface area contributed by atoms with Gasteiger partial charge in [0.2, 0.25) is 0 Å². The number of hydrogen-bond donors (Lipinski definition) is 3. The lowest BCUT2D eigenvalue weighted by Crippen LogP contribution is -2.31. The molecule has 6 nitrogen and oxygen atoms in total. The Morgan fingerprint density at radius 3 is 2.56 bits per heavy atom. The number of ether oxygens (including phenoxy) is 1. The van der Waals surface area contributed by atoms with Crippen LogP contribution in [-0.2, 0) is 4.74 Å². The standard InChI is InChI=1S/C10H14BrN3O3S/c1-10(2,3)17-9(16)13-5-4-6(11)18-7(5)8(15)14-12/h4H,12H2,1-3H3,(H,13,16)(H,14,15). The Morgan fingerprint density at radius 2 is 2.06 bits per heavy atom. The number of halogens is 1.